The number of aliphatic hydroxyl groups excluding tert-OH is 1. The molecule has 5 atom stereocenters. The fourth-order valence-corrected chi connectivity index (χ4v) is 7.29. The molecule has 0 radical (unpaired) electrons. The molecule has 8 rings (SSSR count). The molecule has 2 fully saturated rings. The first-order valence-electron chi connectivity index (χ1n) is 17.0. The molecule has 2 N–H and O–H groups in total. The van der Waals surface area contributed by atoms with Crippen LogP contribution in [0.5, 0.6) is 0 Å². The molecule has 18 heteroatoms. The van der Waals surface area contributed by atoms with Crippen LogP contribution in [0.4, 0.5) is 24.9 Å². The maximum Gasteiger partial charge on any atom is 0.490 e. The summed E-state index contributed by atoms with van der Waals surface area (Å²) in [4.78, 5) is 31.9. The van der Waals surface area contributed by atoms with Crippen LogP contribution < -0.4 is 10.2 Å². The van der Waals surface area contributed by atoms with Crippen LogP contribution in [0.2, 0.25) is 0 Å². The number of fused-ring (bicyclic) bond motifs is 4. The van der Waals surface area contributed by atoms with Gasteiger partial charge in [-0.2, -0.15) is 27.9 Å². The van der Waals surface area contributed by atoms with Gasteiger partial charge < -0.3 is 29.7 Å². The third-order valence-corrected chi connectivity index (χ3v) is 9.99. The molecule has 0 unspecified atom stereocenters. The highest BCUT2D eigenvalue weighted by molar-refractivity contribution is 5.85. The number of hydrogen-bond acceptors (Lipinski definition) is 13. The van der Waals surface area contributed by atoms with Crippen molar-refractivity contribution in [3.05, 3.63) is 71.8 Å². The summed E-state index contributed by atoms with van der Waals surface area (Å²) in [6.07, 6.45) is -9.64. The fourth-order valence-electron chi connectivity index (χ4n) is 7.29. The largest absolute Gasteiger partial charge is 0.490 e. The van der Waals surface area contributed by atoms with E-state index < -0.39 is 36.7 Å². The number of aromatic nitrogens is 8. The van der Waals surface area contributed by atoms with Gasteiger partial charge in [0, 0.05) is 31.6 Å². The van der Waals surface area contributed by atoms with E-state index in [0.717, 1.165) is 17.5 Å². The number of anilines is 2. The number of halogens is 3. The lowest BCUT2D eigenvalue weighted by Crippen LogP contribution is -2.38. The van der Waals surface area contributed by atoms with E-state index in [-0.39, 0.29) is 23.4 Å². The van der Waals surface area contributed by atoms with Crippen molar-refractivity contribution in [1.29, 1.82) is 0 Å². The molecule has 2 aliphatic heterocycles. The highest BCUT2D eigenvalue weighted by Gasteiger charge is 2.53. The molecule has 3 aromatic heterocycles. The second-order valence-corrected chi connectivity index (χ2v) is 13.3. The number of nitrogens with one attached hydrogen (secondary N) is 1. The minimum atomic E-state index is -5.33. The number of aryl methyl sites for hydroxylation is 1. The van der Waals surface area contributed by atoms with Crippen LogP contribution in [-0.2, 0) is 20.8 Å². The van der Waals surface area contributed by atoms with Crippen molar-refractivity contribution < 1.29 is 32.5 Å². The second-order valence-electron chi connectivity index (χ2n) is 13.3. The Morgan fingerprint density at radius 2 is 1.81 bits per heavy atom. The average Bonchev–Trinajstić information content (AvgIpc) is 3.97. The van der Waals surface area contributed by atoms with Crippen molar-refractivity contribution in [3.63, 3.8) is 0 Å². The van der Waals surface area contributed by atoms with E-state index in [4.69, 9.17) is 19.4 Å². The molecule has 1 aliphatic carbocycles. The van der Waals surface area contributed by atoms with Crippen LogP contribution in [0.15, 0.2) is 54.9 Å². The molecule has 0 spiro atoms. The van der Waals surface area contributed by atoms with E-state index in [1.807, 2.05) is 43.3 Å². The number of aliphatic hydroxyl groups is 1. The van der Waals surface area contributed by atoms with Crippen LogP contribution in [0, 0.1) is 0 Å². The molecule has 5 aromatic rings. The number of rotatable bonds is 9. The Balaban J connectivity index is 1.19. The zero-order valence-corrected chi connectivity index (χ0v) is 28.5. The third-order valence-electron chi connectivity index (χ3n) is 9.99. The number of tetrazole rings is 1. The van der Waals surface area contributed by atoms with E-state index in [1.165, 1.54) is 26.8 Å². The molecular formula is C34H36F3N11O4. The first-order chi connectivity index (χ1) is 25.0. The lowest BCUT2D eigenvalue weighted by molar-refractivity contribution is -0.211. The van der Waals surface area contributed by atoms with Gasteiger partial charge in [0.25, 0.3) is 0 Å². The number of carbonyl (C=O) groups is 1. The number of likely N-dealkylation sites (N-methyl/N-ethyl adjacent to an activating group) is 1. The quantitative estimate of drug-likeness (QED) is 0.214. The van der Waals surface area contributed by atoms with E-state index in [0.29, 0.717) is 43.5 Å². The summed E-state index contributed by atoms with van der Waals surface area (Å²) in [6.45, 7) is 3.87. The van der Waals surface area contributed by atoms with E-state index in [1.54, 1.807) is 6.92 Å². The Kier molecular flexibility index (Phi) is 8.54. The molecule has 0 amide bonds. The predicted molar refractivity (Wildman–Crippen MR) is 180 cm³/mol. The van der Waals surface area contributed by atoms with E-state index >= 15 is 0 Å². The first-order valence-corrected chi connectivity index (χ1v) is 17.0. The van der Waals surface area contributed by atoms with Crippen LogP contribution >= 0.6 is 0 Å². The van der Waals surface area contributed by atoms with Gasteiger partial charge in [0.1, 0.15) is 6.10 Å². The van der Waals surface area contributed by atoms with Crippen molar-refractivity contribution in [3.8, 4) is 11.1 Å². The minimum Gasteiger partial charge on any atom is -0.448 e. The third kappa shape index (κ3) is 5.89. The Hall–Kier alpha value is -5.20. The van der Waals surface area contributed by atoms with Gasteiger partial charge in [-0.15, -0.1) is 10.2 Å². The second kappa shape index (κ2) is 13.1. The zero-order chi connectivity index (χ0) is 36.3. The maximum atomic E-state index is 13.5. The van der Waals surface area contributed by atoms with Gasteiger partial charge in [-0.25, -0.2) is 9.78 Å². The number of esters is 1. The molecule has 272 valence electrons. The lowest BCUT2D eigenvalue weighted by atomic mass is 9.97. The smallest absolute Gasteiger partial charge is 0.448 e. The van der Waals surface area contributed by atoms with Crippen LogP contribution in [-0.4, -0.2) is 114 Å². The molecule has 3 aliphatic rings. The zero-order valence-electron chi connectivity index (χ0n) is 28.5. The summed E-state index contributed by atoms with van der Waals surface area (Å²) >= 11 is 0. The van der Waals surface area contributed by atoms with Gasteiger partial charge in [-0.05, 0) is 54.9 Å². The summed E-state index contributed by atoms with van der Waals surface area (Å²) in [6, 6.07) is 16.7. The molecule has 15 nitrogen and oxygen atoms in total. The molecule has 0 saturated carbocycles. The average molecular weight is 720 g/mol. The van der Waals surface area contributed by atoms with Gasteiger partial charge in [-0.1, -0.05) is 48.5 Å². The molecule has 2 saturated heterocycles. The van der Waals surface area contributed by atoms with E-state index in [9.17, 15) is 23.1 Å². The molecule has 0 bridgehead atoms. The number of alkyl halides is 3. The van der Waals surface area contributed by atoms with Crippen molar-refractivity contribution in [2.75, 3.05) is 43.9 Å². The summed E-state index contributed by atoms with van der Waals surface area (Å²) < 4.78 is 52.9. The summed E-state index contributed by atoms with van der Waals surface area (Å²) in [7, 11) is 4.01. The molecular weight excluding hydrogens is 683 g/mol. The summed E-state index contributed by atoms with van der Waals surface area (Å²) in [5.74, 6) is -1.80. The summed E-state index contributed by atoms with van der Waals surface area (Å²) in [5.41, 5.74) is 5.17. The SMILES string of the molecule is CCn1nnc([C@H]2O[C@@H](n3cnc4c(NCC5c6ccccc6-c6ccccc65)nc(N5CC[C@@H](N(C)C)C5)nc43)[C@H](OC(=O)C(F)(F)F)[C@@H]2O)n1. The number of benzene rings is 2. The number of imidazole rings is 1. The predicted octanol–water partition coefficient (Wildman–Crippen LogP) is 3.30. The van der Waals surface area contributed by atoms with E-state index in [2.05, 4.69) is 54.9 Å². The highest BCUT2D eigenvalue weighted by atomic mass is 19.4. The maximum absolute atomic E-state index is 13.5. The number of hydrogen-bond donors (Lipinski definition) is 2. The van der Waals surface area contributed by atoms with Crippen molar-refractivity contribution >= 4 is 28.9 Å². The lowest BCUT2D eigenvalue weighted by Gasteiger charge is -2.23. The topological polar surface area (TPSA) is 161 Å². The molecule has 52 heavy (non-hydrogen) atoms. The standard InChI is InChI=1S/C34H36F3N11O4/c1-4-48-43-29(42-44-48)26-25(49)27(52-32(50)34(35,36)37)31(51-26)47-17-39-24-28(40-33(41-30(24)47)46-14-13-18(16-46)45(2)3)38-15-23-21-11-7-5-9-19(21)20-10-6-8-12-22(20)23/h5-12,17-18,23,25-27,31,49H,4,13-16H2,1-3H3,(H,38,40,41)/t18-,25-,26+,27-,31-/m1/s1. The van der Waals surface area contributed by atoms with Crippen molar-refractivity contribution in [1.82, 2.24) is 44.6 Å². The number of carbonyl (C=O) groups excluding carboxylic acids is 1. The van der Waals surface area contributed by atoms with Gasteiger partial charge in [0.2, 0.25) is 11.8 Å². The summed E-state index contributed by atoms with van der Waals surface area (Å²) in [5, 5.41) is 26.8. The van der Waals surface area contributed by atoms with Crippen LogP contribution in [0.3, 0.4) is 0 Å². The van der Waals surface area contributed by atoms with Gasteiger partial charge in [-0.3, -0.25) is 4.57 Å². The Labute approximate surface area is 295 Å². The van der Waals surface area contributed by atoms with Gasteiger partial charge in [0.05, 0.1) is 12.9 Å². The normalized spacial score (nSPS) is 23.1. The Morgan fingerprint density at radius 3 is 2.44 bits per heavy atom. The Morgan fingerprint density at radius 1 is 1.10 bits per heavy atom. The number of ether oxygens (including phenoxy) is 2. The van der Waals surface area contributed by atoms with Gasteiger partial charge in [0.15, 0.2) is 35.4 Å². The molecule has 2 aromatic carbocycles. The Bertz CT molecular complexity index is 2080. The highest BCUT2D eigenvalue weighted by Crippen LogP contribution is 2.45. The molecule has 5 heterocycles. The monoisotopic (exact) mass is 719 g/mol. The number of nitrogens with zero attached hydrogens (tertiary/aromatic N) is 10. The minimum absolute atomic E-state index is 0.00266. The van der Waals surface area contributed by atoms with Crippen LogP contribution in [0.25, 0.3) is 22.3 Å². The van der Waals surface area contributed by atoms with Gasteiger partial charge >= 0.3 is 12.1 Å². The fraction of sp³-hybridized carbons (Fsp3) is 0.441. The van der Waals surface area contributed by atoms with Crippen molar-refractivity contribution in [2.45, 2.75) is 62.6 Å². The first kappa shape index (κ1) is 33.9. The van der Waals surface area contributed by atoms with Crippen LogP contribution in [0.1, 0.15) is 48.5 Å². The van der Waals surface area contributed by atoms with Crippen molar-refractivity contribution in [2.24, 2.45) is 0 Å².